The van der Waals surface area contributed by atoms with Gasteiger partial charge in [-0.15, -0.1) is 0 Å². The Hall–Kier alpha value is 0.210. The molecular formula is C12H8F2I3O4-. The van der Waals surface area contributed by atoms with Crippen molar-refractivity contribution < 1.29 is 28.2 Å². The lowest BCUT2D eigenvalue weighted by Gasteiger charge is -2.26. The number of esters is 1. The normalized spacial score (nSPS) is 12.9. The Morgan fingerprint density at radius 3 is 2.38 bits per heavy atom. The average molecular weight is 635 g/mol. The van der Waals surface area contributed by atoms with Crippen LogP contribution in [0.25, 0.3) is 0 Å². The van der Waals surface area contributed by atoms with Crippen molar-refractivity contribution >= 4 is 79.7 Å². The van der Waals surface area contributed by atoms with Crippen molar-refractivity contribution in [2.45, 2.75) is 25.4 Å². The third-order valence-corrected chi connectivity index (χ3v) is 6.18. The molecule has 0 spiro atoms. The maximum Gasteiger partial charge on any atom is 0.339 e. The summed E-state index contributed by atoms with van der Waals surface area (Å²) in [4.78, 5) is 22.5. The number of carbonyl (C=O) groups is 2. The summed E-state index contributed by atoms with van der Waals surface area (Å²) < 4.78 is 33.6. The molecule has 0 aliphatic carbocycles. The molecule has 116 valence electrons. The van der Waals surface area contributed by atoms with Crippen LogP contribution in [0, 0.1) is 10.7 Å². The number of carboxylic acids is 1. The molecule has 0 radical (unpaired) electrons. The van der Waals surface area contributed by atoms with Crippen LogP contribution in [0.15, 0.2) is 12.1 Å². The molecule has 0 aromatic heterocycles. The first kappa shape index (κ1) is 19.3. The topological polar surface area (TPSA) is 66.4 Å². The van der Waals surface area contributed by atoms with Crippen LogP contribution >= 0.6 is 67.8 Å². The lowest BCUT2D eigenvalue weighted by atomic mass is 10.1. The van der Waals surface area contributed by atoms with Crippen LogP contribution in [0.2, 0.25) is 0 Å². The zero-order chi connectivity index (χ0) is 16.4. The van der Waals surface area contributed by atoms with Gasteiger partial charge in [-0.2, -0.15) is 8.78 Å². The van der Waals surface area contributed by atoms with Crippen LogP contribution in [-0.2, 0) is 9.53 Å². The molecule has 21 heavy (non-hydrogen) atoms. The molecule has 1 aromatic carbocycles. The van der Waals surface area contributed by atoms with Gasteiger partial charge in [-0.05, 0) is 86.3 Å². The van der Waals surface area contributed by atoms with E-state index < -0.39 is 24.0 Å². The van der Waals surface area contributed by atoms with Crippen LogP contribution in [-0.4, -0.2) is 24.0 Å². The first-order valence-electron chi connectivity index (χ1n) is 5.56. The second-order valence-electron chi connectivity index (χ2n) is 3.96. The molecule has 0 heterocycles. The van der Waals surface area contributed by atoms with E-state index in [2.05, 4.69) is 4.74 Å². The number of benzene rings is 1. The second-order valence-corrected chi connectivity index (χ2v) is 7.45. The minimum absolute atomic E-state index is 0.125. The smallest absolute Gasteiger partial charge is 0.339 e. The van der Waals surface area contributed by atoms with E-state index in [0.29, 0.717) is 3.57 Å². The number of rotatable bonds is 5. The number of carboxylic acid groups (broad SMARTS) is 1. The summed E-state index contributed by atoms with van der Waals surface area (Å²) in [5, 5.41) is 10.5. The second kappa shape index (κ2) is 7.66. The van der Waals surface area contributed by atoms with Crippen LogP contribution in [0.4, 0.5) is 8.78 Å². The van der Waals surface area contributed by atoms with Crippen LogP contribution in [0.1, 0.15) is 23.7 Å². The van der Waals surface area contributed by atoms with E-state index in [4.69, 9.17) is 0 Å². The van der Waals surface area contributed by atoms with E-state index in [1.165, 1.54) is 13.0 Å². The highest BCUT2D eigenvalue weighted by Gasteiger charge is 2.43. The molecule has 0 fully saturated rings. The average Bonchev–Trinajstić information content (AvgIpc) is 2.39. The molecule has 9 heteroatoms. The van der Waals surface area contributed by atoms with Crippen molar-refractivity contribution in [1.82, 2.24) is 0 Å². The third-order valence-electron chi connectivity index (χ3n) is 2.51. The summed E-state index contributed by atoms with van der Waals surface area (Å²) in [6.45, 7) is 1.30. The fourth-order valence-corrected chi connectivity index (χ4v) is 3.82. The third kappa shape index (κ3) is 4.59. The van der Waals surface area contributed by atoms with Gasteiger partial charge in [-0.25, -0.2) is 4.79 Å². The lowest BCUT2D eigenvalue weighted by Crippen LogP contribution is -2.51. The lowest BCUT2D eigenvalue weighted by molar-refractivity contribution is -0.335. The number of aliphatic carboxylic acids is 1. The maximum absolute atomic E-state index is 13.4. The van der Waals surface area contributed by atoms with Gasteiger partial charge in [0.1, 0.15) is 5.97 Å². The number of carbonyl (C=O) groups excluding carboxylic acids is 2. The van der Waals surface area contributed by atoms with Crippen molar-refractivity contribution in [2.24, 2.45) is 0 Å². The van der Waals surface area contributed by atoms with Gasteiger partial charge in [0.15, 0.2) is 6.10 Å². The Labute approximate surface area is 160 Å². The van der Waals surface area contributed by atoms with Crippen molar-refractivity contribution in [3.63, 3.8) is 0 Å². The highest BCUT2D eigenvalue weighted by Crippen LogP contribution is 2.27. The Morgan fingerprint density at radius 1 is 1.33 bits per heavy atom. The van der Waals surface area contributed by atoms with Crippen LogP contribution in [0.3, 0.4) is 0 Å². The van der Waals surface area contributed by atoms with Crippen molar-refractivity contribution in [3.05, 3.63) is 28.4 Å². The fraction of sp³-hybridized carbons (Fsp3) is 0.333. The number of halogens is 5. The predicted molar refractivity (Wildman–Crippen MR) is 94.0 cm³/mol. The van der Waals surface area contributed by atoms with Crippen molar-refractivity contribution in [3.8, 4) is 0 Å². The number of hydrogen-bond donors (Lipinski definition) is 0. The molecule has 1 unspecified atom stereocenters. The first-order valence-corrected chi connectivity index (χ1v) is 8.79. The van der Waals surface area contributed by atoms with Gasteiger partial charge in [0, 0.05) is 10.7 Å². The summed E-state index contributed by atoms with van der Waals surface area (Å²) in [6, 6.07) is 3.31. The number of alkyl halides is 2. The number of hydrogen-bond acceptors (Lipinski definition) is 4. The standard InChI is InChI=1S/C12H9F2I3O4/c1-2-8(12(13,14)11(19)20)21-10(18)6-3-5(15)4-7(16)9(6)17/h3-4,8H,2H2,1H3,(H,19,20)/p-1. The fourth-order valence-electron chi connectivity index (χ4n) is 1.44. The molecule has 1 atom stereocenters. The molecule has 0 saturated heterocycles. The Bertz CT molecular complexity index is 578. The molecule has 0 bridgehead atoms. The van der Waals surface area contributed by atoms with Gasteiger partial charge in [-0.1, -0.05) is 6.92 Å². The van der Waals surface area contributed by atoms with Gasteiger partial charge in [0.2, 0.25) is 0 Å². The molecule has 4 nitrogen and oxygen atoms in total. The highest BCUT2D eigenvalue weighted by atomic mass is 127. The van der Waals surface area contributed by atoms with Crippen LogP contribution < -0.4 is 5.11 Å². The Kier molecular flexibility index (Phi) is 7.02. The van der Waals surface area contributed by atoms with Gasteiger partial charge in [0.25, 0.3) is 0 Å². The Morgan fingerprint density at radius 2 is 1.90 bits per heavy atom. The summed E-state index contributed by atoms with van der Waals surface area (Å²) in [7, 11) is 0. The summed E-state index contributed by atoms with van der Waals surface area (Å²) in [5.41, 5.74) is 0.125. The zero-order valence-corrected chi connectivity index (χ0v) is 16.9. The van der Waals surface area contributed by atoms with Gasteiger partial charge >= 0.3 is 11.9 Å². The van der Waals surface area contributed by atoms with E-state index in [-0.39, 0.29) is 12.0 Å². The predicted octanol–water partition coefficient (Wildman–Crippen LogP) is 2.82. The minimum atomic E-state index is -4.23. The molecule has 1 rings (SSSR count). The van der Waals surface area contributed by atoms with Crippen molar-refractivity contribution in [1.29, 1.82) is 0 Å². The van der Waals surface area contributed by atoms with Gasteiger partial charge < -0.3 is 14.6 Å². The van der Waals surface area contributed by atoms with Crippen LogP contribution in [0.5, 0.6) is 0 Å². The summed E-state index contributed by atoms with van der Waals surface area (Å²) >= 11 is 5.89. The summed E-state index contributed by atoms with van der Waals surface area (Å²) in [5.74, 6) is -7.78. The maximum atomic E-state index is 13.4. The van der Waals surface area contributed by atoms with Crippen molar-refractivity contribution in [2.75, 3.05) is 0 Å². The molecule has 1 aromatic rings. The van der Waals surface area contributed by atoms with E-state index >= 15 is 0 Å². The molecule has 0 aliphatic rings. The first-order chi connectivity index (χ1) is 9.61. The van der Waals surface area contributed by atoms with Gasteiger partial charge in [0.05, 0.1) is 5.56 Å². The van der Waals surface area contributed by atoms with Gasteiger partial charge in [-0.3, -0.25) is 0 Å². The Balaban J connectivity index is 3.08. The largest absolute Gasteiger partial charge is 0.544 e. The molecule has 0 N–H and O–H groups in total. The minimum Gasteiger partial charge on any atom is -0.544 e. The molecule has 0 amide bonds. The SMILES string of the molecule is CCC(OC(=O)c1cc(I)cc(I)c1I)C(F)(F)C(=O)[O-]. The monoisotopic (exact) mass is 635 g/mol. The van der Waals surface area contributed by atoms with E-state index in [9.17, 15) is 23.5 Å². The zero-order valence-electron chi connectivity index (χ0n) is 10.5. The summed E-state index contributed by atoms with van der Waals surface area (Å²) in [6.07, 6.45) is -2.41. The quantitative estimate of drug-likeness (QED) is 0.284. The molecule has 0 aliphatic heterocycles. The van der Waals surface area contributed by atoms with E-state index in [1.54, 1.807) is 0 Å². The number of ether oxygens (including phenoxy) is 1. The highest BCUT2D eigenvalue weighted by molar-refractivity contribution is 14.1. The molecular weight excluding hydrogens is 627 g/mol. The van der Waals surface area contributed by atoms with E-state index in [1.807, 2.05) is 73.8 Å². The van der Waals surface area contributed by atoms with E-state index in [0.717, 1.165) is 7.14 Å². The molecule has 0 saturated carbocycles.